The molecule has 0 amide bonds. The Morgan fingerprint density at radius 1 is 1.59 bits per heavy atom. The molecule has 0 radical (unpaired) electrons. The zero-order chi connectivity index (χ0) is 13.1. The maximum absolute atomic E-state index is 11.3. The Morgan fingerprint density at radius 2 is 2.24 bits per heavy atom. The van der Waals surface area contributed by atoms with E-state index in [-0.39, 0.29) is 22.3 Å². The van der Waals surface area contributed by atoms with Crippen molar-refractivity contribution in [3.63, 3.8) is 0 Å². The van der Waals surface area contributed by atoms with Gasteiger partial charge in [0.2, 0.25) is 10.0 Å². The largest absolute Gasteiger partial charge is 0.409 e. The molecule has 0 aliphatic heterocycles. The predicted molar refractivity (Wildman–Crippen MR) is 67.0 cm³/mol. The van der Waals surface area contributed by atoms with Crippen LogP contribution in [0.5, 0.6) is 0 Å². The van der Waals surface area contributed by atoms with E-state index in [1.165, 1.54) is 25.1 Å². The number of halogens is 1. The second-order valence-corrected chi connectivity index (χ2v) is 5.60. The van der Waals surface area contributed by atoms with Gasteiger partial charge in [0, 0.05) is 5.56 Å². The van der Waals surface area contributed by atoms with Crippen LogP contribution < -0.4 is 10.5 Å². The molecular formula is C9H12ClN3O3S. The summed E-state index contributed by atoms with van der Waals surface area (Å²) in [5.74, 6) is -0.150. The van der Waals surface area contributed by atoms with Crippen LogP contribution >= 0.6 is 11.6 Å². The van der Waals surface area contributed by atoms with Gasteiger partial charge in [0.25, 0.3) is 0 Å². The third kappa shape index (κ3) is 3.50. The highest BCUT2D eigenvalue weighted by atomic mass is 35.5. The average Bonchev–Trinajstić information content (AvgIpc) is 2.30. The number of hydrogen-bond acceptors (Lipinski definition) is 4. The molecule has 0 heterocycles. The van der Waals surface area contributed by atoms with Gasteiger partial charge in [0.15, 0.2) is 5.84 Å². The minimum atomic E-state index is -3.38. The van der Waals surface area contributed by atoms with Crippen LogP contribution in [0.15, 0.2) is 23.4 Å². The molecule has 0 saturated carbocycles. The van der Waals surface area contributed by atoms with Crippen LogP contribution in [0.4, 0.5) is 5.69 Å². The molecule has 0 aromatic heterocycles. The first-order chi connectivity index (χ1) is 7.89. The van der Waals surface area contributed by atoms with E-state index in [1.54, 1.807) is 0 Å². The third-order valence-corrected chi connectivity index (χ3v) is 3.62. The van der Waals surface area contributed by atoms with Gasteiger partial charge in [-0.05, 0) is 25.1 Å². The number of sulfonamides is 1. The van der Waals surface area contributed by atoms with Gasteiger partial charge in [-0.2, -0.15) is 0 Å². The third-order valence-electron chi connectivity index (χ3n) is 2.02. The van der Waals surface area contributed by atoms with Crippen molar-refractivity contribution in [1.29, 1.82) is 0 Å². The Balaban J connectivity index is 3.07. The molecule has 1 aromatic rings. The van der Waals surface area contributed by atoms with Crippen molar-refractivity contribution in [3.8, 4) is 0 Å². The molecule has 1 aromatic carbocycles. The van der Waals surface area contributed by atoms with Gasteiger partial charge < -0.3 is 10.9 Å². The number of amidine groups is 1. The summed E-state index contributed by atoms with van der Waals surface area (Å²) in [7, 11) is -3.38. The quantitative estimate of drug-likeness (QED) is 0.333. The fraction of sp³-hybridized carbons (Fsp3) is 0.222. The average molecular weight is 278 g/mol. The van der Waals surface area contributed by atoms with Gasteiger partial charge in [-0.1, -0.05) is 16.8 Å². The van der Waals surface area contributed by atoms with Gasteiger partial charge in [0.1, 0.15) is 0 Å². The van der Waals surface area contributed by atoms with Crippen molar-refractivity contribution in [3.05, 3.63) is 28.8 Å². The van der Waals surface area contributed by atoms with Crippen LogP contribution in [0.2, 0.25) is 5.02 Å². The standard InChI is InChI=1S/C9H12ClN3O3S/c1-2-17(15,16)13-8-4-3-6(5-7(8)10)9(11)12-14/h3-5,13-14H,2H2,1H3,(H2,11,12). The minimum Gasteiger partial charge on any atom is -0.409 e. The summed E-state index contributed by atoms with van der Waals surface area (Å²) >= 11 is 5.87. The first-order valence-electron chi connectivity index (χ1n) is 4.67. The highest BCUT2D eigenvalue weighted by molar-refractivity contribution is 7.92. The van der Waals surface area contributed by atoms with Crippen molar-refractivity contribution in [2.75, 3.05) is 10.5 Å². The van der Waals surface area contributed by atoms with E-state index in [4.69, 9.17) is 22.5 Å². The fourth-order valence-corrected chi connectivity index (χ4v) is 2.00. The molecule has 8 heteroatoms. The van der Waals surface area contributed by atoms with Gasteiger partial charge in [0.05, 0.1) is 16.5 Å². The monoisotopic (exact) mass is 277 g/mol. The lowest BCUT2D eigenvalue weighted by Gasteiger charge is -2.09. The van der Waals surface area contributed by atoms with Crippen molar-refractivity contribution >= 4 is 33.1 Å². The molecule has 0 unspecified atom stereocenters. The second kappa shape index (κ2) is 5.24. The topological polar surface area (TPSA) is 105 Å². The smallest absolute Gasteiger partial charge is 0.232 e. The molecule has 0 bridgehead atoms. The Hall–Kier alpha value is -1.47. The number of nitrogens with one attached hydrogen (secondary N) is 1. The van der Waals surface area contributed by atoms with Crippen LogP contribution in [-0.4, -0.2) is 25.2 Å². The van der Waals surface area contributed by atoms with Crippen molar-refractivity contribution in [1.82, 2.24) is 0 Å². The molecule has 0 atom stereocenters. The fourth-order valence-electron chi connectivity index (χ4n) is 1.05. The highest BCUT2D eigenvalue weighted by Gasteiger charge is 2.11. The summed E-state index contributed by atoms with van der Waals surface area (Å²) in [5.41, 5.74) is 6.02. The van der Waals surface area contributed by atoms with Crippen LogP contribution in [-0.2, 0) is 10.0 Å². The van der Waals surface area contributed by atoms with Crippen LogP contribution in [0.1, 0.15) is 12.5 Å². The molecule has 0 aliphatic rings. The Labute approximate surface area is 104 Å². The molecule has 6 nitrogen and oxygen atoms in total. The van der Waals surface area contributed by atoms with Crippen molar-refractivity contribution in [2.24, 2.45) is 10.9 Å². The molecule has 4 N–H and O–H groups in total. The number of nitrogens with zero attached hydrogens (tertiary/aromatic N) is 1. The number of nitrogens with two attached hydrogens (primary N) is 1. The number of hydrogen-bond donors (Lipinski definition) is 3. The lowest BCUT2D eigenvalue weighted by Crippen LogP contribution is -2.16. The number of rotatable bonds is 4. The summed E-state index contributed by atoms with van der Waals surface area (Å²) in [5, 5.41) is 11.5. The van der Waals surface area contributed by atoms with E-state index in [0.717, 1.165) is 0 Å². The summed E-state index contributed by atoms with van der Waals surface area (Å²) < 4.78 is 25.0. The summed E-state index contributed by atoms with van der Waals surface area (Å²) in [6, 6.07) is 4.35. The number of benzene rings is 1. The van der Waals surface area contributed by atoms with E-state index in [2.05, 4.69) is 9.88 Å². The zero-order valence-electron chi connectivity index (χ0n) is 9.01. The maximum atomic E-state index is 11.3. The Bertz CT molecular complexity index is 542. The SMILES string of the molecule is CCS(=O)(=O)Nc1ccc(/C(N)=N/O)cc1Cl. The number of anilines is 1. The van der Waals surface area contributed by atoms with E-state index in [0.29, 0.717) is 5.56 Å². The zero-order valence-corrected chi connectivity index (χ0v) is 10.6. The van der Waals surface area contributed by atoms with Crippen molar-refractivity contribution in [2.45, 2.75) is 6.92 Å². The molecule has 17 heavy (non-hydrogen) atoms. The minimum absolute atomic E-state index is 0.0503. The molecule has 0 spiro atoms. The summed E-state index contributed by atoms with van der Waals surface area (Å²) in [6.45, 7) is 1.51. The Morgan fingerprint density at radius 3 is 2.71 bits per heavy atom. The van der Waals surface area contributed by atoms with Crippen LogP contribution in [0, 0.1) is 0 Å². The van der Waals surface area contributed by atoms with Gasteiger partial charge in [-0.3, -0.25) is 4.72 Å². The molecule has 0 aliphatic carbocycles. The predicted octanol–water partition coefficient (Wildman–Crippen LogP) is 1.20. The Kier molecular flexibility index (Phi) is 4.19. The maximum Gasteiger partial charge on any atom is 0.232 e. The van der Waals surface area contributed by atoms with E-state index in [1.807, 2.05) is 0 Å². The molecule has 1 rings (SSSR count). The number of oxime groups is 1. The lowest BCUT2D eigenvalue weighted by atomic mass is 10.2. The second-order valence-electron chi connectivity index (χ2n) is 3.19. The molecule has 0 fully saturated rings. The van der Waals surface area contributed by atoms with E-state index < -0.39 is 10.0 Å². The van der Waals surface area contributed by atoms with Crippen LogP contribution in [0.25, 0.3) is 0 Å². The van der Waals surface area contributed by atoms with E-state index >= 15 is 0 Å². The molecule has 0 saturated heterocycles. The lowest BCUT2D eigenvalue weighted by molar-refractivity contribution is 0.318. The van der Waals surface area contributed by atoms with Crippen molar-refractivity contribution < 1.29 is 13.6 Å². The molecular weight excluding hydrogens is 266 g/mol. The van der Waals surface area contributed by atoms with Gasteiger partial charge in [-0.25, -0.2) is 8.42 Å². The van der Waals surface area contributed by atoms with Crippen LogP contribution in [0.3, 0.4) is 0 Å². The van der Waals surface area contributed by atoms with Gasteiger partial charge >= 0.3 is 0 Å². The van der Waals surface area contributed by atoms with Gasteiger partial charge in [-0.15, -0.1) is 0 Å². The summed E-state index contributed by atoms with van der Waals surface area (Å²) in [6.07, 6.45) is 0. The first-order valence-corrected chi connectivity index (χ1v) is 6.70. The van der Waals surface area contributed by atoms with E-state index in [9.17, 15) is 8.42 Å². The normalized spacial score (nSPS) is 12.5. The summed E-state index contributed by atoms with van der Waals surface area (Å²) in [4.78, 5) is 0. The molecule has 94 valence electrons. The first kappa shape index (κ1) is 13.6. The highest BCUT2D eigenvalue weighted by Crippen LogP contribution is 2.24.